The summed E-state index contributed by atoms with van der Waals surface area (Å²) in [6.07, 6.45) is 0. The highest BCUT2D eigenvalue weighted by Gasteiger charge is 2.13. The lowest BCUT2D eigenvalue weighted by Crippen LogP contribution is -2.16. The van der Waals surface area contributed by atoms with Crippen LogP contribution in [0.4, 0.5) is 8.78 Å². The molecule has 1 amide bonds. The van der Waals surface area contributed by atoms with Gasteiger partial charge in [0.25, 0.3) is 0 Å². The third-order valence-electron chi connectivity index (χ3n) is 2.72. The van der Waals surface area contributed by atoms with Crippen LogP contribution in [0.5, 0.6) is 0 Å². The Kier molecular flexibility index (Phi) is 4.65. The van der Waals surface area contributed by atoms with E-state index in [0.29, 0.717) is 16.1 Å². The van der Waals surface area contributed by atoms with Crippen molar-refractivity contribution in [3.63, 3.8) is 0 Å². The van der Waals surface area contributed by atoms with E-state index in [1.165, 1.54) is 6.07 Å². The molecule has 0 aliphatic carbocycles. The summed E-state index contributed by atoms with van der Waals surface area (Å²) in [4.78, 5) is 15.0. The topological polar surface area (TPSA) is 55.5 Å². The van der Waals surface area contributed by atoms with Crippen LogP contribution in [0.15, 0.2) is 47.5 Å². The summed E-state index contributed by atoms with van der Waals surface area (Å²) < 4.78 is 26.4. The molecule has 0 saturated carbocycles. The Balaban J connectivity index is 2.56. The Bertz CT molecular complexity index is 717. The Morgan fingerprint density at radius 2 is 1.86 bits per heavy atom. The molecule has 0 saturated heterocycles. The lowest BCUT2D eigenvalue weighted by molar-refractivity contribution is -0.116. The van der Waals surface area contributed by atoms with Crippen LogP contribution in [-0.4, -0.2) is 18.2 Å². The van der Waals surface area contributed by atoms with Gasteiger partial charge in [-0.25, -0.2) is 8.78 Å². The summed E-state index contributed by atoms with van der Waals surface area (Å²) in [5.41, 5.74) is 6.17. The maximum Gasteiger partial charge on any atom is 0.239 e. The Hall–Kier alpha value is -2.27. The van der Waals surface area contributed by atoms with Crippen molar-refractivity contribution >= 4 is 23.2 Å². The second-order valence-corrected chi connectivity index (χ2v) is 4.65. The minimum atomic E-state index is -1.01. The van der Waals surface area contributed by atoms with E-state index < -0.39 is 17.5 Å². The predicted octanol–water partition coefficient (Wildman–Crippen LogP) is 2.94. The minimum Gasteiger partial charge on any atom is -0.368 e. The number of benzene rings is 2. The van der Waals surface area contributed by atoms with E-state index in [2.05, 4.69) is 4.99 Å². The van der Waals surface area contributed by atoms with Crippen molar-refractivity contribution < 1.29 is 13.6 Å². The highest BCUT2D eigenvalue weighted by atomic mass is 35.5. The second kappa shape index (κ2) is 6.45. The molecule has 2 N–H and O–H groups in total. The molecule has 0 unspecified atom stereocenters. The van der Waals surface area contributed by atoms with Gasteiger partial charge in [0.05, 0.1) is 5.71 Å². The molecule has 0 fully saturated rings. The van der Waals surface area contributed by atoms with E-state index in [0.717, 1.165) is 12.1 Å². The molecule has 0 aromatic heterocycles. The SMILES string of the molecule is NC(=O)CN=C(c1ccc(F)c(F)c1)c1ccccc1Cl. The van der Waals surface area contributed by atoms with Crippen molar-refractivity contribution in [2.45, 2.75) is 0 Å². The Morgan fingerprint density at radius 1 is 1.14 bits per heavy atom. The van der Waals surface area contributed by atoms with Crippen LogP contribution in [-0.2, 0) is 4.79 Å². The first kappa shape index (κ1) is 15.1. The second-order valence-electron chi connectivity index (χ2n) is 4.24. The zero-order chi connectivity index (χ0) is 15.4. The zero-order valence-corrected chi connectivity index (χ0v) is 11.6. The number of carbonyl (C=O) groups is 1. The molecule has 0 atom stereocenters. The third kappa shape index (κ3) is 3.64. The normalized spacial score (nSPS) is 11.5. The number of rotatable bonds is 4. The van der Waals surface area contributed by atoms with Gasteiger partial charge >= 0.3 is 0 Å². The molecule has 0 bridgehead atoms. The summed E-state index contributed by atoms with van der Waals surface area (Å²) in [6, 6.07) is 10.1. The molecule has 108 valence electrons. The number of hydrogen-bond donors (Lipinski definition) is 1. The molecule has 0 radical (unpaired) electrons. The summed E-state index contributed by atoms with van der Waals surface area (Å²) in [6.45, 7) is -0.278. The summed E-state index contributed by atoms with van der Waals surface area (Å²) in [5, 5.41) is 0.380. The fourth-order valence-electron chi connectivity index (χ4n) is 1.79. The summed E-state index contributed by atoms with van der Waals surface area (Å²) in [5.74, 6) is -2.61. The molecular formula is C15H11ClF2N2O. The highest BCUT2D eigenvalue weighted by Crippen LogP contribution is 2.21. The molecule has 6 heteroatoms. The first-order chi connectivity index (χ1) is 9.99. The first-order valence-corrected chi connectivity index (χ1v) is 6.40. The number of nitrogens with two attached hydrogens (primary N) is 1. The van der Waals surface area contributed by atoms with Crippen molar-refractivity contribution in [3.05, 3.63) is 70.2 Å². The highest BCUT2D eigenvalue weighted by molar-refractivity contribution is 6.35. The molecule has 2 aromatic carbocycles. The van der Waals surface area contributed by atoms with Gasteiger partial charge in [0, 0.05) is 16.1 Å². The van der Waals surface area contributed by atoms with Crippen LogP contribution in [0.3, 0.4) is 0 Å². The Morgan fingerprint density at radius 3 is 2.48 bits per heavy atom. The average Bonchev–Trinajstić information content (AvgIpc) is 2.44. The van der Waals surface area contributed by atoms with Crippen molar-refractivity contribution in [3.8, 4) is 0 Å². The smallest absolute Gasteiger partial charge is 0.239 e. The van der Waals surface area contributed by atoms with Gasteiger partial charge in [-0.2, -0.15) is 0 Å². The van der Waals surface area contributed by atoms with Crippen LogP contribution in [0, 0.1) is 11.6 Å². The molecule has 0 aliphatic heterocycles. The monoisotopic (exact) mass is 308 g/mol. The van der Waals surface area contributed by atoms with Gasteiger partial charge in [0.15, 0.2) is 11.6 Å². The molecule has 3 nitrogen and oxygen atoms in total. The molecule has 0 aliphatic rings. The van der Waals surface area contributed by atoms with Crippen LogP contribution >= 0.6 is 11.6 Å². The van der Waals surface area contributed by atoms with Crippen molar-refractivity contribution in [2.24, 2.45) is 10.7 Å². The molecule has 2 aromatic rings. The molecule has 21 heavy (non-hydrogen) atoms. The van der Waals surface area contributed by atoms with Gasteiger partial charge in [-0.15, -0.1) is 0 Å². The van der Waals surface area contributed by atoms with Crippen LogP contribution < -0.4 is 5.73 Å². The number of hydrogen-bond acceptors (Lipinski definition) is 2. The van der Waals surface area contributed by atoms with Crippen molar-refractivity contribution in [2.75, 3.05) is 6.54 Å². The van der Waals surface area contributed by atoms with E-state index in [1.807, 2.05) is 0 Å². The van der Waals surface area contributed by atoms with E-state index in [-0.39, 0.29) is 12.3 Å². The minimum absolute atomic E-state index is 0.276. The summed E-state index contributed by atoms with van der Waals surface area (Å²) in [7, 11) is 0. The molecule has 2 rings (SSSR count). The number of nitrogens with zero attached hydrogens (tertiary/aromatic N) is 1. The number of halogens is 3. The van der Waals surface area contributed by atoms with Gasteiger partial charge in [0.1, 0.15) is 6.54 Å². The fraction of sp³-hybridized carbons (Fsp3) is 0.0667. The van der Waals surface area contributed by atoms with Gasteiger partial charge in [-0.1, -0.05) is 29.8 Å². The molecular weight excluding hydrogens is 298 g/mol. The lowest BCUT2D eigenvalue weighted by atomic mass is 10.0. The van der Waals surface area contributed by atoms with Gasteiger partial charge in [-0.05, 0) is 24.3 Å². The van der Waals surface area contributed by atoms with E-state index in [1.54, 1.807) is 24.3 Å². The standard InChI is InChI=1S/C15H11ClF2N2O/c16-11-4-2-1-3-10(11)15(20-8-14(19)21)9-5-6-12(17)13(18)7-9/h1-7H,8H2,(H2,19,21). The summed E-state index contributed by atoms with van der Waals surface area (Å²) >= 11 is 6.09. The molecule has 0 spiro atoms. The van der Waals surface area contributed by atoms with Gasteiger partial charge in [0.2, 0.25) is 5.91 Å². The van der Waals surface area contributed by atoms with E-state index in [9.17, 15) is 13.6 Å². The quantitative estimate of drug-likeness (QED) is 0.867. The van der Waals surface area contributed by atoms with Crippen LogP contribution in [0.25, 0.3) is 0 Å². The van der Waals surface area contributed by atoms with Crippen LogP contribution in [0.1, 0.15) is 11.1 Å². The number of amides is 1. The maximum atomic E-state index is 13.4. The first-order valence-electron chi connectivity index (χ1n) is 6.02. The fourth-order valence-corrected chi connectivity index (χ4v) is 2.01. The third-order valence-corrected chi connectivity index (χ3v) is 3.04. The maximum absolute atomic E-state index is 13.4. The zero-order valence-electron chi connectivity index (χ0n) is 10.8. The van der Waals surface area contributed by atoms with E-state index >= 15 is 0 Å². The van der Waals surface area contributed by atoms with Crippen molar-refractivity contribution in [1.82, 2.24) is 0 Å². The average molecular weight is 309 g/mol. The number of carbonyl (C=O) groups excluding carboxylic acids is 1. The number of primary amides is 1. The lowest BCUT2D eigenvalue weighted by Gasteiger charge is -2.09. The van der Waals surface area contributed by atoms with Gasteiger partial charge in [-0.3, -0.25) is 9.79 Å². The molecule has 0 heterocycles. The Labute approximate surface area is 125 Å². The number of aliphatic imine (C=N–C) groups is 1. The van der Waals surface area contributed by atoms with E-state index in [4.69, 9.17) is 17.3 Å². The van der Waals surface area contributed by atoms with Crippen LogP contribution in [0.2, 0.25) is 5.02 Å². The predicted molar refractivity (Wildman–Crippen MR) is 77.5 cm³/mol. The van der Waals surface area contributed by atoms with Crippen molar-refractivity contribution in [1.29, 1.82) is 0 Å². The van der Waals surface area contributed by atoms with Gasteiger partial charge < -0.3 is 5.73 Å². The largest absolute Gasteiger partial charge is 0.368 e.